The first-order chi connectivity index (χ1) is 17.4. The fourth-order valence-corrected chi connectivity index (χ4v) is 7.56. The molecule has 0 unspecified atom stereocenters. The number of ketones is 1. The molecule has 2 bridgehead atoms. The van der Waals surface area contributed by atoms with E-state index in [0.29, 0.717) is 18.5 Å². The molecular formula is C31H26BrNO3. The van der Waals surface area contributed by atoms with Gasteiger partial charge in [-0.15, -0.1) is 0 Å². The molecule has 5 heteroatoms. The highest BCUT2D eigenvalue weighted by molar-refractivity contribution is 9.10. The van der Waals surface area contributed by atoms with Crippen molar-refractivity contribution in [3.63, 3.8) is 0 Å². The Morgan fingerprint density at radius 2 is 1.08 bits per heavy atom. The Morgan fingerprint density at radius 1 is 0.667 bits per heavy atom. The van der Waals surface area contributed by atoms with Gasteiger partial charge in [0, 0.05) is 4.47 Å². The minimum atomic E-state index is -1.05. The average Bonchev–Trinajstić information content (AvgIpc) is 3.41. The van der Waals surface area contributed by atoms with Gasteiger partial charge < -0.3 is 0 Å². The molecule has 0 N–H and O–H groups in total. The van der Waals surface area contributed by atoms with Crippen molar-refractivity contribution in [2.24, 2.45) is 22.7 Å². The molecular weight excluding hydrogens is 514 g/mol. The topological polar surface area (TPSA) is 54.5 Å². The molecule has 0 aromatic heterocycles. The van der Waals surface area contributed by atoms with E-state index in [1.807, 2.05) is 86.6 Å². The summed E-state index contributed by atoms with van der Waals surface area (Å²) in [6.45, 7) is 3.97. The number of hydrogen-bond donors (Lipinski definition) is 0. The van der Waals surface area contributed by atoms with Crippen LogP contribution in [-0.2, 0) is 14.4 Å². The number of nitrogens with zero attached hydrogens (tertiary/aromatic N) is 1. The Kier molecular flexibility index (Phi) is 5.20. The molecule has 0 radical (unpaired) electrons. The summed E-state index contributed by atoms with van der Waals surface area (Å²) in [6.07, 6.45) is 0.922. The highest BCUT2D eigenvalue weighted by atomic mass is 79.9. The predicted molar refractivity (Wildman–Crippen MR) is 144 cm³/mol. The number of benzene rings is 3. The number of rotatable bonds is 5. The van der Waals surface area contributed by atoms with Gasteiger partial charge in [-0.1, -0.05) is 90.4 Å². The zero-order valence-corrected chi connectivity index (χ0v) is 21.8. The summed E-state index contributed by atoms with van der Waals surface area (Å²) in [7, 11) is 0. The quantitative estimate of drug-likeness (QED) is 0.345. The zero-order chi connectivity index (χ0) is 25.2. The van der Waals surface area contributed by atoms with E-state index in [1.54, 1.807) is 12.1 Å². The molecule has 6 rings (SSSR count). The number of hydrogen-bond acceptors (Lipinski definition) is 3. The second-order valence-corrected chi connectivity index (χ2v) is 10.8. The summed E-state index contributed by atoms with van der Waals surface area (Å²) < 4.78 is 0.871. The van der Waals surface area contributed by atoms with Crippen molar-refractivity contribution in [1.29, 1.82) is 0 Å². The summed E-state index contributed by atoms with van der Waals surface area (Å²) in [5, 5.41) is 0. The second kappa shape index (κ2) is 8.10. The Morgan fingerprint density at radius 3 is 1.47 bits per heavy atom. The van der Waals surface area contributed by atoms with Gasteiger partial charge in [0.15, 0.2) is 5.78 Å². The molecule has 2 amide bonds. The van der Waals surface area contributed by atoms with Crippen molar-refractivity contribution in [2.45, 2.75) is 26.7 Å². The van der Waals surface area contributed by atoms with Crippen molar-refractivity contribution in [3.05, 3.63) is 101 Å². The third-order valence-corrected chi connectivity index (χ3v) is 9.17. The largest absolute Gasteiger partial charge is 0.298 e. The van der Waals surface area contributed by atoms with E-state index in [2.05, 4.69) is 15.9 Å². The highest BCUT2D eigenvalue weighted by Crippen LogP contribution is 2.75. The Bertz CT molecular complexity index is 1340. The molecule has 1 aliphatic heterocycles. The molecule has 0 spiro atoms. The van der Waals surface area contributed by atoms with Crippen molar-refractivity contribution in [1.82, 2.24) is 0 Å². The van der Waals surface area contributed by atoms with E-state index in [0.717, 1.165) is 26.7 Å². The van der Waals surface area contributed by atoms with Crippen LogP contribution in [0.25, 0.3) is 11.1 Å². The maximum atomic E-state index is 14.7. The molecule has 3 aromatic carbocycles. The zero-order valence-electron chi connectivity index (χ0n) is 20.2. The Labute approximate surface area is 219 Å². The molecule has 1 heterocycles. The molecule has 4 atom stereocenters. The summed E-state index contributed by atoms with van der Waals surface area (Å²) in [5.74, 6) is -1.93. The molecule has 2 fully saturated rings. The van der Waals surface area contributed by atoms with Crippen LogP contribution in [-0.4, -0.2) is 17.6 Å². The molecule has 3 aliphatic rings. The van der Waals surface area contributed by atoms with Crippen molar-refractivity contribution in [2.75, 3.05) is 4.90 Å². The van der Waals surface area contributed by atoms with Gasteiger partial charge in [0.25, 0.3) is 0 Å². The van der Waals surface area contributed by atoms with Crippen LogP contribution >= 0.6 is 15.9 Å². The lowest BCUT2D eigenvalue weighted by Crippen LogP contribution is -2.41. The number of imide groups is 1. The standard InChI is InChI=1S/C31H26BrNO3/c1-3-30-23(19-11-7-5-8-12-19)24(20-13-9-6-10-14-20)31(4-2,29(30)36)26-25(30)27(34)33(28(26)35)22-17-15-21(32)16-18-22/h5-18,25-26H,3-4H2,1-2H3/t25-,26-,30-,31+/m0/s1. The van der Waals surface area contributed by atoms with Gasteiger partial charge in [0.05, 0.1) is 28.4 Å². The third-order valence-electron chi connectivity index (χ3n) is 8.65. The lowest BCUT2D eigenvalue weighted by atomic mass is 9.60. The van der Waals surface area contributed by atoms with Gasteiger partial charge in [0.2, 0.25) is 11.8 Å². The smallest absolute Gasteiger partial charge is 0.239 e. The van der Waals surface area contributed by atoms with E-state index < -0.39 is 22.7 Å². The van der Waals surface area contributed by atoms with Crippen molar-refractivity contribution >= 4 is 50.4 Å². The summed E-state index contributed by atoms with van der Waals surface area (Å²) >= 11 is 3.44. The van der Waals surface area contributed by atoms with E-state index in [4.69, 9.17) is 0 Å². The maximum Gasteiger partial charge on any atom is 0.239 e. The minimum absolute atomic E-state index is 0.0323. The third kappa shape index (κ3) is 2.67. The van der Waals surface area contributed by atoms with Gasteiger partial charge >= 0.3 is 0 Å². The number of Topliss-reactive ketones (excluding diaryl/α,β-unsaturated/α-hetero) is 1. The van der Waals surface area contributed by atoms with Crippen LogP contribution in [0.5, 0.6) is 0 Å². The number of carbonyl (C=O) groups excluding carboxylic acids is 3. The summed E-state index contributed by atoms with van der Waals surface area (Å²) in [6, 6.07) is 27.1. The number of allylic oxidation sites excluding steroid dienone is 2. The monoisotopic (exact) mass is 539 g/mol. The molecule has 36 heavy (non-hydrogen) atoms. The fourth-order valence-electron chi connectivity index (χ4n) is 7.30. The number of fused-ring (bicyclic) bond motifs is 5. The van der Waals surface area contributed by atoms with Gasteiger partial charge in [-0.05, 0) is 59.4 Å². The lowest BCUT2D eigenvalue weighted by molar-refractivity contribution is -0.134. The fraction of sp³-hybridized carbons (Fsp3) is 0.258. The SMILES string of the molecule is CC[C@]12C(=O)[C@](CC)(C(c3ccccc3)=C1c1ccccc1)[C@@H]1C(=O)N(c3ccc(Br)cc3)C(=O)[C@H]12. The van der Waals surface area contributed by atoms with Gasteiger partial charge in [0.1, 0.15) is 0 Å². The molecule has 1 saturated heterocycles. The van der Waals surface area contributed by atoms with Crippen LogP contribution < -0.4 is 4.90 Å². The van der Waals surface area contributed by atoms with Crippen molar-refractivity contribution < 1.29 is 14.4 Å². The first kappa shape index (κ1) is 23.1. The molecule has 4 nitrogen and oxygen atoms in total. The van der Waals surface area contributed by atoms with E-state index in [1.165, 1.54) is 4.90 Å². The van der Waals surface area contributed by atoms with Gasteiger partial charge in [-0.3, -0.25) is 14.4 Å². The van der Waals surface area contributed by atoms with Crippen LogP contribution in [0.3, 0.4) is 0 Å². The lowest BCUT2D eigenvalue weighted by Gasteiger charge is -2.38. The van der Waals surface area contributed by atoms with Crippen LogP contribution in [0.15, 0.2) is 89.4 Å². The maximum absolute atomic E-state index is 14.7. The first-order valence-electron chi connectivity index (χ1n) is 12.5. The first-order valence-corrected chi connectivity index (χ1v) is 13.3. The summed E-state index contributed by atoms with van der Waals surface area (Å²) in [4.78, 5) is 44.4. The predicted octanol–water partition coefficient (Wildman–Crippen LogP) is 6.55. The molecule has 3 aromatic rings. The molecule has 1 saturated carbocycles. The number of anilines is 1. The van der Waals surface area contributed by atoms with Gasteiger partial charge in [-0.25, -0.2) is 4.90 Å². The number of halogens is 1. The Balaban J connectivity index is 1.67. The van der Waals surface area contributed by atoms with E-state index >= 15 is 0 Å². The van der Waals surface area contributed by atoms with Crippen molar-refractivity contribution in [3.8, 4) is 0 Å². The number of carbonyl (C=O) groups is 3. The minimum Gasteiger partial charge on any atom is -0.298 e. The second-order valence-electron chi connectivity index (χ2n) is 9.90. The Hall–Kier alpha value is -3.31. The number of amides is 2. The summed E-state index contributed by atoms with van der Waals surface area (Å²) in [5.41, 5.74) is 2.18. The normalized spacial score (nSPS) is 28.9. The van der Waals surface area contributed by atoms with Crippen LogP contribution in [0, 0.1) is 22.7 Å². The molecule has 2 aliphatic carbocycles. The van der Waals surface area contributed by atoms with Gasteiger partial charge in [-0.2, -0.15) is 0 Å². The van der Waals surface area contributed by atoms with Crippen LogP contribution in [0.4, 0.5) is 5.69 Å². The van der Waals surface area contributed by atoms with Crippen LogP contribution in [0.1, 0.15) is 37.8 Å². The van der Waals surface area contributed by atoms with E-state index in [-0.39, 0.29) is 17.6 Å². The highest BCUT2D eigenvalue weighted by Gasteiger charge is 2.80. The van der Waals surface area contributed by atoms with E-state index in [9.17, 15) is 14.4 Å². The average molecular weight is 540 g/mol. The van der Waals surface area contributed by atoms with Crippen LogP contribution in [0.2, 0.25) is 0 Å². The molecule has 180 valence electrons.